The summed E-state index contributed by atoms with van der Waals surface area (Å²) >= 11 is 0. The van der Waals surface area contributed by atoms with Crippen LogP contribution in [0.25, 0.3) is 16.6 Å². The average molecular weight is 433 g/mol. The summed E-state index contributed by atoms with van der Waals surface area (Å²) in [6.07, 6.45) is 4.06. The standard InChI is InChI=1S/C25H28N4O3/c1-4-19(24(30)26-18-12-8-10-16-9-6-7-11-17(16)18)29-25(31)21-14-22-20(13-15(3)32-22)28(21)23(5-2)27-29/h6-7,9,11,13-14,18-19H,4-5,8,10,12H2,1-3H3,(H,26,30)/t18-,19-/m1/s1. The molecule has 4 aromatic rings. The van der Waals surface area contributed by atoms with E-state index >= 15 is 0 Å². The molecule has 0 unspecified atom stereocenters. The number of aromatic nitrogens is 3. The van der Waals surface area contributed by atoms with Crippen molar-refractivity contribution in [1.29, 1.82) is 0 Å². The Kier molecular flexibility index (Phi) is 5.12. The predicted molar refractivity (Wildman–Crippen MR) is 123 cm³/mol. The summed E-state index contributed by atoms with van der Waals surface area (Å²) in [6, 6.07) is 11.2. The van der Waals surface area contributed by atoms with E-state index in [9.17, 15) is 9.59 Å². The molecule has 0 saturated carbocycles. The molecule has 3 aromatic heterocycles. The zero-order valence-corrected chi connectivity index (χ0v) is 18.7. The van der Waals surface area contributed by atoms with Gasteiger partial charge in [0.15, 0.2) is 5.58 Å². The van der Waals surface area contributed by atoms with Crippen LogP contribution >= 0.6 is 0 Å². The van der Waals surface area contributed by atoms with Gasteiger partial charge < -0.3 is 9.73 Å². The number of rotatable bonds is 5. The first kappa shape index (κ1) is 20.5. The maximum Gasteiger partial charge on any atom is 0.291 e. The summed E-state index contributed by atoms with van der Waals surface area (Å²) in [6.45, 7) is 5.79. The van der Waals surface area contributed by atoms with Gasteiger partial charge in [0.25, 0.3) is 5.56 Å². The smallest absolute Gasteiger partial charge is 0.291 e. The molecule has 166 valence electrons. The number of nitrogens with zero attached hydrogens (tertiary/aromatic N) is 3. The average Bonchev–Trinajstić information content (AvgIpc) is 3.32. The molecule has 1 aliphatic rings. The van der Waals surface area contributed by atoms with Crippen LogP contribution in [0.1, 0.15) is 67.9 Å². The highest BCUT2D eigenvalue weighted by molar-refractivity contribution is 5.84. The number of amides is 1. The molecule has 7 nitrogen and oxygen atoms in total. The zero-order chi connectivity index (χ0) is 22.4. The Morgan fingerprint density at radius 2 is 2.06 bits per heavy atom. The zero-order valence-electron chi connectivity index (χ0n) is 18.7. The van der Waals surface area contributed by atoms with E-state index in [4.69, 9.17) is 4.42 Å². The molecule has 32 heavy (non-hydrogen) atoms. The van der Waals surface area contributed by atoms with Crippen LogP contribution < -0.4 is 10.9 Å². The normalized spacial score (nSPS) is 16.9. The molecule has 7 heteroatoms. The Balaban J connectivity index is 1.54. The molecule has 0 bridgehead atoms. The van der Waals surface area contributed by atoms with Gasteiger partial charge in [0.2, 0.25) is 5.91 Å². The Morgan fingerprint density at radius 1 is 1.25 bits per heavy atom. The number of carbonyl (C=O) groups excluding carboxylic acids is 1. The molecule has 0 saturated heterocycles. The molecule has 1 N–H and O–H groups in total. The first-order chi connectivity index (χ1) is 15.5. The molecule has 0 spiro atoms. The molecule has 5 rings (SSSR count). The van der Waals surface area contributed by atoms with Crippen molar-refractivity contribution in [1.82, 2.24) is 19.5 Å². The highest BCUT2D eigenvalue weighted by Gasteiger charge is 2.28. The lowest BCUT2D eigenvalue weighted by Crippen LogP contribution is -2.41. The van der Waals surface area contributed by atoms with Gasteiger partial charge in [-0.25, -0.2) is 4.68 Å². The van der Waals surface area contributed by atoms with Crippen LogP contribution in [0.15, 0.2) is 45.6 Å². The number of benzene rings is 1. The minimum Gasteiger partial charge on any atom is -0.460 e. The molecule has 3 heterocycles. The van der Waals surface area contributed by atoms with Crippen molar-refractivity contribution in [2.75, 3.05) is 0 Å². The Morgan fingerprint density at radius 3 is 2.84 bits per heavy atom. The number of nitrogens with one attached hydrogen (secondary N) is 1. The summed E-state index contributed by atoms with van der Waals surface area (Å²) in [5.74, 6) is 1.35. The monoisotopic (exact) mass is 432 g/mol. The summed E-state index contributed by atoms with van der Waals surface area (Å²) in [7, 11) is 0. The molecule has 0 radical (unpaired) electrons. The van der Waals surface area contributed by atoms with Crippen molar-refractivity contribution < 1.29 is 9.21 Å². The largest absolute Gasteiger partial charge is 0.460 e. The SMILES string of the molecule is CCc1nn([C@H](CC)C(=O)N[C@@H]2CCCc3ccccc32)c(=O)c2cc3oc(C)cc3n12. The fourth-order valence-electron chi connectivity index (χ4n) is 4.96. The quantitative estimate of drug-likeness (QED) is 0.511. The Labute approximate surface area is 186 Å². The number of hydrogen-bond donors (Lipinski definition) is 1. The minimum atomic E-state index is -0.671. The lowest BCUT2D eigenvalue weighted by atomic mass is 9.87. The second kappa shape index (κ2) is 7.97. The number of fused-ring (bicyclic) bond motifs is 4. The van der Waals surface area contributed by atoms with Gasteiger partial charge in [-0.15, -0.1) is 0 Å². The van der Waals surface area contributed by atoms with Gasteiger partial charge >= 0.3 is 0 Å². The Hall–Kier alpha value is -3.35. The molecule has 0 aliphatic heterocycles. The third kappa shape index (κ3) is 3.23. The van der Waals surface area contributed by atoms with Crippen LogP contribution in [-0.4, -0.2) is 20.1 Å². The van der Waals surface area contributed by atoms with Crippen molar-refractivity contribution in [2.45, 2.75) is 65.0 Å². The second-order valence-electron chi connectivity index (χ2n) is 8.57. The number of furan rings is 1. The van der Waals surface area contributed by atoms with Crippen molar-refractivity contribution in [3.63, 3.8) is 0 Å². The third-order valence-corrected chi connectivity index (χ3v) is 6.51. The summed E-state index contributed by atoms with van der Waals surface area (Å²) < 4.78 is 8.96. The number of aryl methyl sites for hydroxylation is 3. The van der Waals surface area contributed by atoms with Gasteiger partial charge in [0, 0.05) is 18.6 Å². The van der Waals surface area contributed by atoms with Crippen molar-refractivity contribution >= 4 is 22.5 Å². The third-order valence-electron chi connectivity index (χ3n) is 6.51. The van der Waals surface area contributed by atoms with E-state index in [1.54, 1.807) is 6.07 Å². The van der Waals surface area contributed by atoms with Gasteiger partial charge in [-0.05, 0) is 43.7 Å². The lowest BCUT2D eigenvalue weighted by molar-refractivity contribution is -0.125. The van der Waals surface area contributed by atoms with Crippen LogP contribution in [0, 0.1) is 6.92 Å². The van der Waals surface area contributed by atoms with Gasteiger partial charge in [0.05, 0.1) is 11.6 Å². The maximum absolute atomic E-state index is 13.4. The fraction of sp³-hybridized carbons (Fsp3) is 0.400. The van der Waals surface area contributed by atoms with Crippen LogP contribution in [0.4, 0.5) is 0 Å². The van der Waals surface area contributed by atoms with E-state index in [-0.39, 0.29) is 17.5 Å². The van der Waals surface area contributed by atoms with Crippen LogP contribution in [0.2, 0.25) is 0 Å². The first-order valence-electron chi connectivity index (χ1n) is 11.4. The van der Waals surface area contributed by atoms with E-state index in [2.05, 4.69) is 22.5 Å². The number of carbonyl (C=O) groups is 1. The predicted octanol–water partition coefficient (Wildman–Crippen LogP) is 4.26. The van der Waals surface area contributed by atoms with Crippen molar-refractivity contribution in [3.05, 3.63) is 69.5 Å². The first-order valence-corrected chi connectivity index (χ1v) is 11.4. The Bertz CT molecular complexity index is 1380. The molecular weight excluding hydrogens is 404 g/mol. The highest BCUT2D eigenvalue weighted by Crippen LogP contribution is 2.30. The van der Waals surface area contributed by atoms with E-state index in [1.807, 2.05) is 43.4 Å². The van der Waals surface area contributed by atoms with E-state index < -0.39 is 6.04 Å². The summed E-state index contributed by atoms with van der Waals surface area (Å²) in [4.78, 5) is 26.8. The molecule has 1 amide bonds. The van der Waals surface area contributed by atoms with Gasteiger partial charge in [-0.2, -0.15) is 5.10 Å². The highest BCUT2D eigenvalue weighted by atomic mass is 16.3. The lowest BCUT2D eigenvalue weighted by Gasteiger charge is -2.28. The van der Waals surface area contributed by atoms with E-state index in [1.165, 1.54) is 15.8 Å². The van der Waals surface area contributed by atoms with Crippen LogP contribution in [0.5, 0.6) is 0 Å². The van der Waals surface area contributed by atoms with Gasteiger partial charge in [-0.1, -0.05) is 38.1 Å². The van der Waals surface area contributed by atoms with Gasteiger partial charge in [-0.3, -0.25) is 14.0 Å². The van der Waals surface area contributed by atoms with Crippen molar-refractivity contribution in [3.8, 4) is 0 Å². The molecular formula is C25H28N4O3. The number of hydrogen-bond acceptors (Lipinski definition) is 4. The topological polar surface area (TPSA) is 81.5 Å². The van der Waals surface area contributed by atoms with Crippen LogP contribution in [-0.2, 0) is 17.6 Å². The molecule has 1 aliphatic carbocycles. The fourth-order valence-corrected chi connectivity index (χ4v) is 4.96. The van der Waals surface area contributed by atoms with Gasteiger partial charge in [0.1, 0.15) is 23.1 Å². The molecule has 1 aromatic carbocycles. The maximum atomic E-state index is 13.4. The van der Waals surface area contributed by atoms with Crippen LogP contribution in [0.3, 0.4) is 0 Å². The summed E-state index contributed by atoms with van der Waals surface area (Å²) in [5.41, 5.74) is 4.16. The molecule has 0 fully saturated rings. The van der Waals surface area contributed by atoms with E-state index in [0.29, 0.717) is 23.9 Å². The second-order valence-corrected chi connectivity index (χ2v) is 8.57. The molecule has 2 atom stereocenters. The van der Waals surface area contributed by atoms with E-state index in [0.717, 1.165) is 36.4 Å². The summed E-state index contributed by atoms with van der Waals surface area (Å²) in [5, 5.41) is 7.85. The minimum absolute atomic E-state index is 0.0369. The van der Waals surface area contributed by atoms with Crippen molar-refractivity contribution in [2.24, 2.45) is 0 Å².